The number of carbonyl (C=O) groups is 2. The van der Waals surface area contributed by atoms with Crippen molar-refractivity contribution >= 4 is 23.4 Å². The third-order valence-corrected chi connectivity index (χ3v) is 3.03. The zero-order chi connectivity index (χ0) is 17.5. The first-order valence-corrected chi connectivity index (χ1v) is 7.47. The van der Waals surface area contributed by atoms with Gasteiger partial charge in [0, 0.05) is 30.7 Å². The van der Waals surface area contributed by atoms with Crippen molar-refractivity contribution in [3.63, 3.8) is 0 Å². The summed E-state index contributed by atoms with van der Waals surface area (Å²) < 4.78 is 0. The number of nitrogens with one attached hydrogen (secondary N) is 3. The third kappa shape index (κ3) is 4.94. The number of carbonyl (C=O) groups excluding carboxylic acids is 2. The summed E-state index contributed by atoms with van der Waals surface area (Å²) in [5.74, 6) is -0.301. The molecule has 0 radical (unpaired) electrons. The molecular weight excluding hydrogens is 308 g/mol. The maximum Gasteiger partial charge on any atom is 0.319 e. The topological polar surface area (TPSA) is 122 Å². The summed E-state index contributed by atoms with van der Waals surface area (Å²) in [7, 11) is 0. The number of anilines is 2. The van der Waals surface area contributed by atoms with Gasteiger partial charge in [0.2, 0.25) is 0 Å². The Hall–Kier alpha value is -3.16. The number of nitrogens with zero attached hydrogens (tertiary/aromatic N) is 2. The van der Waals surface area contributed by atoms with Gasteiger partial charge in [-0.1, -0.05) is 12.1 Å². The van der Waals surface area contributed by atoms with Crippen LogP contribution in [0.25, 0.3) is 0 Å². The highest BCUT2D eigenvalue weighted by Crippen LogP contribution is 2.10. The van der Waals surface area contributed by atoms with Gasteiger partial charge in [-0.15, -0.1) is 0 Å². The van der Waals surface area contributed by atoms with Crippen molar-refractivity contribution in [2.75, 3.05) is 11.1 Å². The van der Waals surface area contributed by atoms with E-state index in [4.69, 9.17) is 5.73 Å². The van der Waals surface area contributed by atoms with E-state index in [0.29, 0.717) is 12.2 Å². The van der Waals surface area contributed by atoms with Crippen LogP contribution < -0.4 is 21.7 Å². The molecule has 0 aliphatic rings. The number of aromatic nitrogens is 2. The Morgan fingerprint density at radius 2 is 1.79 bits per heavy atom. The summed E-state index contributed by atoms with van der Waals surface area (Å²) in [6.07, 6.45) is 2.83. The number of rotatable bonds is 5. The van der Waals surface area contributed by atoms with E-state index in [-0.39, 0.29) is 29.5 Å². The number of hydrogen-bond donors (Lipinski definition) is 4. The van der Waals surface area contributed by atoms with Gasteiger partial charge in [-0.05, 0) is 31.5 Å². The second kappa shape index (κ2) is 7.91. The largest absolute Gasteiger partial charge is 0.382 e. The van der Waals surface area contributed by atoms with Gasteiger partial charge in [0.15, 0.2) is 11.5 Å². The van der Waals surface area contributed by atoms with Gasteiger partial charge in [0.1, 0.15) is 0 Å². The molecule has 24 heavy (non-hydrogen) atoms. The van der Waals surface area contributed by atoms with Gasteiger partial charge in [0.25, 0.3) is 5.91 Å². The second-order valence-corrected chi connectivity index (χ2v) is 5.42. The zero-order valence-corrected chi connectivity index (χ0v) is 13.5. The molecule has 8 nitrogen and oxygen atoms in total. The van der Waals surface area contributed by atoms with E-state index in [1.807, 2.05) is 26.0 Å². The van der Waals surface area contributed by atoms with Crippen LogP contribution in [0.1, 0.15) is 29.9 Å². The summed E-state index contributed by atoms with van der Waals surface area (Å²) in [6, 6.07) is 6.95. The van der Waals surface area contributed by atoms with E-state index in [0.717, 1.165) is 5.56 Å². The van der Waals surface area contributed by atoms with Crippen LogP contribution in [0, 0.1) is 0 Å². The van der Waals surface area contributed by atoms with Gasteiger partial charge < -0.3 is 21.7 Å². The SMILES string of the molecule is CC(C)NC(=O)Nc1ccc(CNC(=O)c2nccnc2N)cc1. The highest BCUT2D eigenvalue weighted by Gasteiger charge is 2.11. The number of nitrogens with two attached hydrogens (primary N) is 1. The van der Waals surface area contributed by atoms with Gasteiger partial charge in [-0.25, -0.2) is 14.8 Å². The van der Waals surface area contributed by atoms with E-state index < -0.39 is 0 Å². The molecule has 126 valence electrons. The Kier molecular flexibility index (Phi) is 5.67. The standard InChI is InChI=1S/C16H20N6O2/c1-10(2)21-16(24)22-12-5-3-11(4-6-12)9-20-15(23)13-14(17)19-8-7-18-13/h3-8,10H,9H2,1-2H3,(H2,17,19)(H,20,23)(H2,21,22,24). The number of urea groups is 1. The van der Waals surface area contributed by atoms with Gasteiger partial charge >= 0.3 is 6.03 Å². The minimum absolute atomic E-state index is 0.0630. The molecule has 1 heterocycles. The Morgan fingerprint density at radius 1 is 1.12 bits per heavy atom. The maximum absolute atomic E-state index is 12.0. The molecule has 0 bridgehead atoms. The first-order chi connectivity index (χ1) is 11.5. The number of hydrogen-bond acceptors (Lipinski definition) is 5. The van der Waals surface area contributed by atoms with Gasteiger partial charge in [-0.2, -0.15) is 0 Å². The zero-order valence-electron chi connectivity index (χ0n) is 13.5. The quantitative estimate of drug-likeness (QED) is 0.663. The van der Waals surface area contributed by atoms with Crippen molar-refractivity contribution < 1.29 is 9.59 Å². The normalized spacial score (nSPS) is 10.3. The highest BCUT2D eigenvalue weighted by molar-refractivity contribution is 5.96. The lowest BCUT2D eigenvalue weighted by Gasteiger charge is -2.11. The molecule has 2 rings (SSSR count). The molecule has 0 unspecified atom stereocenters. The first-order valence-electron chi connectivity index (χ1n) is 7.47. The van der Waals surface area contributed by atoms with Crippen molar-refractivity contribution in [1.29, 1.82) is 0 Å². The second-order valence-electron chi connectivity index (χ2n) is 5.42. The molecule has 3 amide bonds. The average Bonchev–Trinajstić information content (AvgIpc) is 2.53. The Labute approximate surface area is 139 Å². The minimum Gasteiger partial charge on any atom is -0.382 e. The minimum atomic E-state index is -0.390. The van der Waals surface area contributed by atoms with Gasteiger partial charge in [0.05, 0.1) is 0 Å². The molecule has 0 saturated carbocycles. The number of benzene rings is 1. The average molecular weight is 328 g/mol. The summed E-state index contributed by atoms with van der Waals surface area (Å²) in [4.78, 5) is 31.3. The lowest BCUT2D eigenvalue weighted by Crippen LogP contribution is -2.34. The molecule has 2 aromatic rings. The molecule has 0 aliphatic carbocycles. The predicted molar refractivity (Wildman–Crippen MR) is 91.3 cm³/mol. The van der Waals surface area contributed by atoms with Crippen molar-refractivity contribution in [2.24, 2.45) is 0 Å². The summed E-state index contributed by atoms with van der Waals surface area (Å²) in [5, 5.41) is 8.19. The van der Waals surface area contributed by atoms with Crippen LogP contribution in [0.4, 0.5) is 16.3 Å². The van der Waals surface area contributed by atoms with Crippen LogP contribution >= 0.6 is 0 Å². The van der Waals surface area contributed by atoms with E-state index in [1.54, 1.807) is 12.1 Å². The van der Waals surface area contributed by atoms with Crippen LogP contribution in [0.15, 0.2) is 36.7 Å². The molecule has 8 heteroatoms. The smallest absolute Gasteiger partial charge is 0.319 e. The molecule has 1 aromatic heterocycles. The van der Waals surface area contributed by atoms with E-state index in [9.17, 15) is 9.59 Å². The highest BCUT2D eigenvalue weighted by atomic mass is 16.2. The molecule has 0 spiro atoms. The third-order valence-electron chi connectivity index (χ3n) is 3.03. The van der Waals surface area contributed by atoms with Gasteiger partial charge in [-0.3, -0.25) is 4.79 Å². The number of amides is 3. The van der Waals surface area contributed by atoms with E-state index in [1.165, 1.54) is 12.4 Å². The van der Waals surface area contributed by atoms with Crippen LogP contribution in [0.3, 0.4) is 0 Å². The Bertz CT molecular complexity index is 715. The van der Waals surface area contributed by atoms with E-state index in [2.05, 4.69) is 25.9 Å². The fourth-order valence-corrected chi connectivity index (χ4v) is 1.93. The van der Waals surface area contributed by atoms with Crippen LogP contribution in [0.2, 0.25) is 0 Å². The molecule has 0 aliphatic heterocycles. The molecule has 0 atom stereocenters. The van der Waals surface area contributed by atoms with Crippen molar-refractivity contribution in [1.82, 2.24) is 20.6 Å². The van der Waals surface area contributed by atoms with E-state index >= 15 is 0 Å². The maximum atomic E-state index is 12.0. The fourth-order valence-electron chi connectivity index (χ4n) is 1.93. The summed E-state index contributed by atoms with van der Waals surface area (Å²) in [5.41, 5.74) is 7.25. The van der Waals surface area contributed by atoms with Crippen LogP contribution in [-0.4, -0.2) is 27.9 Å². The molecule has 5 N–H and O–H groups in total. The Morgan fingerprint density at radius 3 is 2.42 bits per heavy atom. The molecule has 0 saturated heterocycles. The van der Waals surface area contributed by atoms with Crippen molar-refractivity contribution in [3.8, 4) is 0 Å². The molecule has 0 fully saturated rings. The van der Waals surface area contributed by atoms with Crippen molar-refractivity contribution in [2.45, 2.75) is 26.4 Å². The lowest BCUT2D eigenvalue weighted by molar-refractivity contribution is 0.0946. The number of nitrogen functional groups attached to an aromatic ring is 1. The first kappa shape index (κ1) is 17.2. The molecular formula is C16H20N6O2. The molecule has 1 aromatic carbocycles. The summed E-state index contributed by atoms with van der Waals surface area (Å²) in [6.45, 7) is 4.08. The fraction of sp³-hybridized carbons (Fsp3) is 0.250. The lowest BCUT2D eigenvalue weighted by atomic mass is 10.2. The van der Waals surface area contributed by atoms with Crippen LogP contribution in [0.5, 0.6) is 0 Å². The Balaban J connectivity index is 1.89. The van der Waals surface area contributed by atoms with Crippen molar-refractivity contribution in [3.05, 3.63) is 47.9 Å². The summed E-state index contributed by atoms with van der Waals surface area (Å²) >= 11 is 0. The predicted octanol–water partition coefficient (Wildman–Crippen LogP) is 1.52. The monoisotopic (exact) mass is 328 g/mol. The van der Waals surface area contributed by atoms with Crippen LogP contribution in [-0.2, 0) is 6.54 Å².